The summed E-state index contributed by atoms with van der Waals surface area (Å²) in [7, 11) is 0. The molecule has 0 aliphatic heterocycles. The first-order valence-electron chi connectivity index (χ1n) is 7.47. The zero-order chi connectivity index (χ0) is 15.2. The predicted octanol–water partition coefficient (Wildman–Crippen LogP) is 3.77. The molecule has 0 saturated heterocycles. The summed E-state index contributed by atoms with van der Waals surface area (Å²) in [5, 5.41) is 11.4. The number of aliphatic carboxylic acids is 1. The van der Waals surface area contributed by atoms with E-state index in [-0.39, 0.29) is 6.42 Å². The van der Waals surface area contributed by atoms with Crippen molar-refractivity contribution in [2.45, 2.75) is 26.8 Å². The summed E-state index contributed by atoms with van der Waals surface area (Å²) in [6, 6.07) is 14.7. The number of rotatable bonds is 7. The van der Waals surface area contributed by atoms with Gasteiger partial charge in [-0.2, -0.15) is 0 Å². The summed E-state index contributed by atoms with van der Waals surface area (Å²) >= 11 is 0. The van der Waals surface area contributed by atoms with Crippen LogP contribution in [0.4, 0.5) is 0 Å². The highest BCUT2D eigenvalue weighted by Crippen LogP contribution is 2.20. The molecule has 2 rings (SSSR count). The lowest BCUT2D eigenvalue weighted by Crippen LogP contribution is -2.29. The first kappa shape index (κ1) is 15.5. The molecule has 0 heterocycles. The van der Waals surface area contributed by atoms with E-state index in [2.05, 4.69) is 55.1 Å². The lowest BCUT2D eigenvalue weighted by atomic mass is 10.0. The minimum Gasteiger partial charge on any atom is -0.481 e. The number of fused-ring (bicyclic) bond motifs is 1. The SMILES string of the molecule is CC(C)CN(CCC(=O)O)Cc1cccc2ccccc12. The molecule has 0 aromatic heterocycles. The topological polar surface area (TPSA) is 40.5 Å². The Morgan fingerprint density at radius 2 is 1.86 bits per heavy atom. The maximum Gasteiger partial charge on any atom is 0.304 e. The molecule has 3 heteroatoms. The molecule has 0 fully saturated rings. The molecule has 0 aliphatic rings. The zero-order valence-corrected chi connectivity index (χ0v) is 12.7. The predicted molar refractivity (Wildman–Crippen MR) is 86.3 cm³/mol. The van der Waals surface area contributed by atoms with Crippen molar-refractivity contribution in [3.05, 3.63) is 48.0 Å². The Morgan fingerprint density at radius 1 is 1.14 bits per heavy atom. The number of benzene rings is 2. The fraction of sp³-hybridized carbons (Fsp3) is 0.389. The van der Waals surface area contributed by atoms with Gasteiger partial charge in [-0.15, -0.1) is 0 Å². The maximum absolute atomic E-state index is 10.8. The molecular weight excluding hydrogens is 262 g/mol. The Kier molecular flexibility index (Phi) is 5.34. The monoisotopic (exact) mass is 285 g/mol. The highest BCUT2D eigenvalue weighted by Gasteiger charge is 2.11. The third-order valence-electron chi connectivity index (χ3n) is 3.54. The Bertz CT molecular complexity index is 602. The molecule has 0 atom stereocenters. The molecule has 2 aromatic rings. The van der Waals surface area contributed by atoms with Crippen LogP contribution in [0.2, 0.25) is 0 Å². The summed E-state index contributed by atoms with van der Waals surface area (Å²) < 4.78 is 0. The molecule has 0 radical (unpaired) electrons. The Balaban J connectivity index is 2.19. The van der Waals surface area contributed by atoms with Gasteiger partial charge in [0.1, 0.15) is 0 Å². The normalized spacial score (nSPS) is 11.4. The van der Waals surface area contributed by atoms with Gasteiger partial charge in [-0.25, -0.2) is 0 Å². The van der Waals surface area contributed by atoms with Crippen LogP contribution in [-0.4, -0.2) is 29.1 Å². The van der Waals surface area contributed by atoms with Crippen molar-refractivity contribution < 1.29 is 9.90 Å². The van der Waals surface area contributed by atoms with E-state index in [1.807, 2.05) is 6.07 Å². The molecule has 2 aromatic carbocycles. The second kappa shape index (κ2) is 7.23. The lowest BCUT2D eigenvalue weighted by Gasteiger charge is -2.24. The second-order valence-corrected chi connectivity index (χ2v) is 5.91. The molecule has 3 nitrogen and oxygen atoms in total. The van der Waals surface area contributed by atoms with Crippen molar-refractivity contribution in [3.63, 3.8) is 0 Å². The van der Waals surface area contributed by atoms with Crippen LogP contribution in [0.1, 0.15) is 25.8 Å². The third-order valence-corrected chi connectivity index (χ3v) is 3.54. The fourth-order valence-electron chi connectivity index (χ4n) is 2.68. The molecule has 0 unspecified atom stereocenters. The van der Waals surface area contributed by atoms with E-state index in [9.17, 15) is 4.79 Å². The summed E-state index contributed by atoms with van der Waals surface area (Å²) in [4.78, 5) is 13.1. The van der Waals surface area contributed by atoms with Crippen LogP contribution in [0.15, 0.2) is 42.5 Å². The van der Waals surface area contributed by atoms with Gasteiger partial charge in [0.2, 0.25) is 0 Å². The molecule has 0 amide bonds. The van der Waals surface area contributed by atoms with E-state index in [1.165, 1.54) is 16.3 Å². The summed E-state index contributed by atoms with van der Waals surface area (Å²) in [5.74, 6) is -0.213. The van der Waals surface area contributed by atoms with E-state index in [0.29, 0.717) is 12.5 Å². The van der Waals surface area contributed by atoms with Crippen molar-refractivity contribution >= 4 is 16.7 Å². The Hall–Kier alpha value is -1.87. The Labute approximate surface area is 126 Å². The second-order valence-electron chi connectivity index (χ2n) is 5.91. The van der Waals surface area contributed by atoms with Crippen molar-refractivity contribution in [2.75, 3.05) is 13.1 Å². The van der Waals surface area contributed by atoms with Crippen molar-refractivity contribution in [3.8, 4) is 0 Å². The van der Waals surface area contributed by atoms with Crippen molar-refractivity contribution in [1.29, 1.82) is 0 Å². The molecular formula is C18H23NO2. The average molecular weight is 285 g/mol. The smallest absolute Gasteiger partial charge is 0.304 e. The van der Waals surface area contributed by atoms with Gasteiger partial charge < -0.3 is 5.11 Å². The third kappa shape index (κ3) is 4.57. The van der Waals surface area contributed by atoms with E-state index < -0.39 is 5.97 Å². The van der Waals surface area contributed by atoms with E-state index >= 15 is 0 Å². The van der Waals surface area contributed by atoms with Crippen molar-refractivity contribution in [2.24, 2.45) is 5.92 Å². The summed E-state index contributed by atoms with van der Waals surface area (Å²) in [6.07, 6.45) is 0.192. The van der Waals surface area contributed by atoms with Gasteiger partial charge in [-0.05, 0) is 22.3 Å². The number of carboxylic acids is 1. The lowest BCUT2D eigenvalue weighted by molar-refractivity contribution is -0.137. The quantitative estimate of drug-likeness (QED) is 0.841. The maximum atomic E-state index is 10.8. The van der Waals surface area contributed by atoms with Gasteiger partial charge in [-0.1, -0.05) is 56.3 Å². The molecule has 1 N–H and O–H groups in total. The highest BCUT2D eigenvalue weighted by molar-refractivity contribution is 5.85. The van der Waals surface area contributed by atoms with Crippen LogP contribution < -0.4 is 0 Å². The van der Waals surface area contributed by atoms with E-state index in [0.717, 1.165) is 13.1 Å². The summed E-state index contributed by atoms with van der Waals surface area (Å²) in [5.41, 5.74) is 1.26. The van der Waals surface area contributed by atoms with Crippen LogP contribution in [-0.2, 0) is 11.3 Å². The number of carboxylic acid groups (broad SMARTS) is 1. The average Bonchev–Trinajstić information content (AvgIpc) is 2.44. The molecule has 0 saturated carbocycles. The highest BCUT2D eigenvalue weighted by atomic mass is 16.4. The number of hydrogen-bond acceptors (Lipinski definition) is 2. The standard InChI is InChI=1S/C18H23NO2/c1-14(2)12-19(11-10-18(20)21)13-16-8-5-7-15-6-3-4-9-17(15)16/h3-9,14H,10-13H2,1-2H3,(H,20,21). The van der Waals surface area contributed by atoms with Gasteiger partial charge >= 0.3 is 5.97 Å². The summed E-state index contributed by atoms with van der Waals surface area (Å²) in [6.45, 7) is 6.63. The van der Waals surface area contributed by atoms with Gasteiger partial charge in [0, 0.05) is 19.6 Å². The molecule has 21 heavy (non-hydrogen) atoms. The van der Waals surface area contributed by atoms with Gasteiger partial charge in [0.15, 0.2) is 0 Å². The fourth-order valence-corrected chi connectivity index (χ4v) is 2.68. The first-order valence-corrected chi connectivity index (χ1v) is 7.47. The number of hydrogen-bond donors (Lipinski definition) is 1. The number of nitrogens with zero attached hydrogens (tertiary/aromatic N) is 1. The van der Waals surface area contributed by atoms with Crippen LogP contribution in [0.5, 0.6) is 0 Å². The van der Waals surface area contributed by atoms with Crippen LogP contribution in [0.3, 0.4) is 0 Å². The van der Waals surface area contributed by atoms with Crippen molar-refractivity contribution in [1.82, 2.24) is 4.90 Å². The molecule has 0 spiro atoms. The first-order chi connectivity index (χ1) is 10.1. The van der Waals surface area contributed by atoms with Crippen LogP contribution in [0, 0.1) is 5.92 Å². The van der Waals surface area contributed by atoms with E-state index in [1.54, 1.807) is 0 Å². The van der Waals surface area contributed by atoms with E-state index in [4.69, 9.17) is 5.11 Å². The molecule has 112 valence electrons. The largest absolute Gasteiger partial charge is 0.481 e. The van der Waals surface area contributed by atoms with Gasteiger partial charge in [0.25, 0.3) is 0 Å². The Morgan fingerprint density at radius 3 is 2.57 bits per heavy atom. The van der Waals surface area contributed by atoms with Gasteiger partial charge in [0.05, 0.1) is 6.42 Å². The molecule has 0 aliphatic carbocycles. The zero-order valence-electron chi connectivity index (χ0n) is 12.7. The minimum atomic E-state index is -0.735. The van der Waals surface area contributed by atoms with Gasteiger partial charge in [-0.3, -0.25) is 9.69 Å². The number of carbonyl (C=O) groups is 1. The molecule has 0 bridgehead atoms. The minimum absolute atomic E-state index is 0.192. The van der Waals surface area contributed by atoms with Crippen LogP contribution >= 0.6 is 0 Å². The van der Waals surface area contributed by atoms with Crippen LogP contribution in [0.25, 0.3) is 10.8 Å².